The van der Waals surface area contributed by atoms with Crippen LogP contribution >= 0.6 is 11.6 Å². The first kappa shape index (κ1) is 14.3. The Balaban J connectivity index is 3.44. The van der Waals surface area contributed by atoms with Gasteiger partial charge in [-0.3, -0.25) is 0 Å². The molecule has 0 saturated heterocycles. The first-order valence-corrected chi connectivity index (χ1v) is 5.92. The van der Waals surface area contributed by atoms with Crippen molar-refractivity contribution in [2.24, 2.45) is 0 Å². The summed E-state index contributed by atoms with van der Waals surface area (Å²) in [7, 11) is 5.48. The molecule has 0 radical (unpaired) electrons. The molecule has 0 aliphatic carbocycles. The van der Waals surface area contributed by atoms with Crippen LogP contribution in [0.5, 0.6) is 5.75 Å². The van der Waals surface area contributed by atoms with Crippen LogP contribution in [0.1, 0.15) is 22.7 Å². The highest BCUT2D eigenvalue weighted by Gasteiger charge is 2.22. The monoisotopic (exact) mass is 257 g/mol. The van der Waals surface area contributed by atoms with Gasteiger partial charge in [0, 0.05) is 10.6 Å². The molecule has 17 heavy (non-hydrogen) atoms. The molecule has 1 aromatic rings. The summed E-state index contributed by atoms with van der Waals surface area (Å²) in [5, 5.41) is 10.3. The van der Waals surface area contributed by atoms with Crippen LogP contribution in [-0.4, -0.2) is 37.8 Å². The highest BCUT2D eigenvalue weighted by molar-refractivity contribution is 6.32. The number of hydrogen-bond acceptors (Lipinski definition) is 3. The lowest BCUT2D eigenvalue weighted by Crippen LogP contribution is -2.24. The molecule has 1 N–H and O–H groups in total. The predicted octanol–water partition coefficient (Wildman–Crippen LogP) is 2.56. The molecular weight excluding hydrogens is 238 g/mol. The smallest absolute Gasteiger partial charge is 0.124 e. The number of hydrogen-bond donors (Lipinski definition) is 1. The standard InChI is InChI=1S/C13H20ClNO2/c1-8-6-11(17-5)12(9(2)13(8)14)10(7-16)15(3)4/h6,10,16H,7H2,1-5H3. The molecule has 1 unspecified atom stereocenters. The van der Waals surface area contributed by atoms with Crippen LogP contribution in [0.25, 0.3) is 0 Å². The fourth-order valence-corrected chi connectivity index (χ4v) is 2.19. The molecule has 0 saturated carbocycles. The number of halogens is 1. The van der Waals surface area contributed by atoms with Crippen molar-refractivity contribution < 1.29 is 9.84 Å². The molecule has 0 aliphatic rings. The number of methoxy groups -OCH3 is 1. The van der Waals surface area contributed by atoms with Gasteiger partial charge < -0.3 is 14.7 Å². The maximum absolute atomic E-state index is 9.51. The second kappa shape index (κ2) is 5.71. The first-order chi connectivity index (χ1) is 7.93. The van der Waals surface area contributed by atoms with Crippen LogP contribution in [0.4, 0.5) is 0 Å². The largest absolute Gasteiger partial charge is 0.496 e. The van der Waals surface area contributed by atoms with Gasteiger partial charge in [0.1, 0.15) is 5.75 Å². The van der Waals surface area contributed by atoms with Crippen LogP contribution in [0, 0.1) is 13.8 Å². The average molecular weight is 258 g/mol. The van der Waals surface area contributed by atoms with E-state index < -0.39 is 0 Å². The highest BCUT2D eigenvalue weighted by Crippen LogP contribution is 2.36. The van der Waals surface area contributed by atoms with E-state index in [9.17, 15) is 5.11 Å². The fourth-order valence-electron chi connectivity index (χ4n) is 2.03. The number of ether oxygens (including phenoxy) is 1. The van der Waals surface area contributed by atoms with Crippen molar-refractivity contribution in [3.05, 3.63) is 27.8 Å². The minimum Gasteiger partial charge on any atom is -0.496 e. The minimum absolute atomic E-state index is 0.0313. The number of benzene rings is 1. The molecule has 0 aromatic heterocycles. The normalized spacial score (nSPS) is 12.9. The van der Waals surface area contributed by atoms with Crippen molar-refractivity contribution in [2.75, 3.05) is 27.8 Å². The number of nitrogens with zero attached hydrogens (tertiary/aromatic N) is 1. The van der Waals surface area contributed by atoms with Crippen LogP contribution in [0.15, 0.2) is 6.07 Å². The molecular formula is C13H20ClNO2. The number of aliphatic hydroxyl groups excluding tert-OH is 1. The van der Waals surface area contributed by atoms with E-state index >= 15 is 0 Å². The quantitative estimate of drug-likeness (QED) is 0.900. The van der Waals surface area contributed by atoms with Crippen molar-refractivity contribution in [3.63, 3.8) is 0 Å². The van der Waals surface area contributed by atoms with Crippen molar-refractivity contribution in [1.82, 2.24) is 4.90 Å². The minimum atomic E-state index is -0.108. The molecule has 1 aromatic carbocycles. The lowest BCUT2D eigenvalue weighted by Gasteiger charge is -2.27. The second-order valence-electron chi connectivity index (χ2n) is 4.41. The molecule has 0 bridgehead atoms. The van der Waals surface area contributed by atoms with Crippen molar-refractivity contribution in [1.29, 1.82) is 0 Å². The van der Waals surface area contributed by atoms with E-state index in [1.54, 1.807) is 7.11 Å². The molecule has 0 fully saturated rings. The van der Waals surface area contributed by atoms with Gasteiger partial charge in [-0.1, -0.05) is 11.6 Å². The van der Waals surface area contributed by atoms with E-state index in [0.717, 1.165) is 27.5 Å². The molecule has 1 rings (SSSR count). The van der Waals surface area contributed by atoms with Crippen LogP contribution in [-0.2, 0) is 0 Å². The Morgan fingerprint density at radius 3 is 2.41 bits per heavy atom. The Morgan fingerprint density at radius 1 is 1.41 bits per heavy atom. The van der Waals surface area contributed by atoms with Gasteiger partial charge >= 0.3 is 0 Å². The average Bonchev–Trinajstić information content (AvgIpc) is 2.29. The molecule has 0 amide bonds. The number of rotatable bonds is 4. The Labute approximate surface area is 108 Å². The maximum atomic E-state index is 9.51. The molecule has 0 heterocycles. The predicted molar refractivity (Wildman–Crippen MR) is 71.0 cm³/mol. The van der Waals surface area contributed by atoms with Crippen molar-refractivity contribution in [3.8, 4) is 5.75 Å². The number of likely N-dealkylation sites (N-methyl/N-ethyl adjacent to an activating group) is 1. The zero-order chi connectivity index (χ0) is 13.2. The van der Waals surface area contributed by atoms with Crippen molar-refractivity contribution >= 4 is 11.6 Å². The second-order valence-corrected chi connectivity index (χ2v) is 4.79. The molecule has 0 spiro atoms. The fraction of sp³-hybridized carbons (Fsp3) is 0.538. The molecule has 1 atom stereocenters. The lowest BCUT2D eigenvalue weighted by molar-refractivity contribution is 0.167. The Bertz CT molecular complexity index is 405. The highest BCUT2D eigenvalue weighted by atomic mass is 35.5. The van der Waals surface area contributed by atoms with E-state index in [4.69, 9.17) is 16.3 Å². The van der Waals surface area contributed by atoms with Gasteiger partial charge in [0.15, 0.2) is 0 Å². The summed E-state index contributed by atoms with van der Waals surface area (Å²) in [4.78, 5) is 1.95. The summed E-state index contributed by atoms with van der Waals surface area (Å²) in [6.45, 7) is 3.94. The Morgan fingerprint density at radius 2 is 2.00 bits per heavy atom. The molecule has 4 heteroatoms. The van der Waals surface area contributed by atoms with E-state index in [1.807, 2.05) is 38.9 Å². The van der Waals surface area contributed by atoms with Gasteiger partial charge in [-0.2, -0.15) is 0 Å². The topological polar surface area (TPSA) is 32.7 Å². The number of aliphatic hydroxyl groups is 1. The zero-order valence-electron chi connectivity index (χ0n) is 11.0. The van der Waals surface area contributed by atoms with Crippen LogP contribution in [0.2, 0.25) is 5.02 Å². The summed E-state index contributed by atoms with van der Waals surface area (Å²) in [5.41, 5.74) is 2.91. The first-order valence-electron chi connectivity index (χ1n) is 5.54. The number of aryl methyl sites for hydroxylation is 1. The van der Waals surface area contributed by atoms with Crippen LogP contribution in [0.3, 0.4) is 0 Å². The Kier molecular flexibility index (Phi) is 4.80. The zero-order valence-corrected chi connectivity index (χ0v) is 11.8. The van der Waals surface area contributed by atoms with E-state index in [-0.39, 0.29) is 12.6 Å². The van der Waals surface area contributed by atoms with E-state index in [1.165, 1.54) is 0 Å². The van der Waals surface area contributed by atoms with Crippen LogP contribution < -0.4 is 4.74 Å². The Hall–Kier alpha value is -0.770. The van der Waals surface area contributed by atoms with Gasteiger partial charge in [-0.15, -0.1) is 0 Å². The van der Waals surface area contributed by atoms with Gasteiger partial charge in [0.05, 0.1) is 19.8 Å². The molecule has 96 valence electrons. The van der Waals surface area contributed by atoms with Crippen molar-refractivity contribution in [2.45, 2.75) is 19.9 Å². The van der Waals surface area contributed by atoms with Gasteiger partial charge in [0.2, 0.25) is 0 Å². The SMILES string of the molecule is COc1cc(C)c(Cl)c(C)c1C(CO)N(C)C. The summed E-state index contributed by atoms with van der Waals surface area (Å²) in [6, 6.07) is 1.81. The molecule has 3 nitrogen and oxygen atoms in total. The van der Waals surface area contributed by atoms with Gasteiger partial charge in [-0.05, 0) is 45.1 Å². The van der Waals surface area contributed by atoms with E-state index in [0.29, 0.717) is 0 Å². The third-order valence-corrected chi connectivity index (χ3v) is 3.62. The van der Waals surface area contributed by atoms with E-state index in [2.05, 4.69) is 0 Å². The molecule has 0 aliphatic heterocycles. The third-order valence-electron chi connectivity index (χ3n) is 3.04. The summed E-state index contributed by atoms with van der Waals surface area (Å²) in [5.74, 6) is 0.775. The lowest BCUT2D eigenvalue weighted by atomic mass is 9.97. The summed E-state index contributed by atoms with van der Waals surface area (Å²) >= 11 is 6.26. The third kappa shape index (κ3) is 2.73. The maximum Gasteiger partial charge on any atom is 0.124 e. The van der Waals surface area contributed by atoms with Gasteiger partial charge in [-0.25, -0.2) is 0 Å². The van der Waals surface area contributed by atoms with Gasteiger partial charge in [0.25, 0.3) is 0 Å². The summed E-state index contributed by atoms with van der Waals surface area (Å²) < 4.78 is 5.40. The summed E-state index contributed by atoms with van der Waals surface area (Å²) in [6.07, 6.45) is 0.